The molecule has 104 valence electrons. The fourth-order valence-electron chi connectivity index (χ4n) is 1.56. The van der Waals surface area contributed by atoms with Crippen molar-refractivity contribution in [3.05, 3.63) is 35.9 Å². The Balaban J connectivity index is 2.23. The summed E-state index contributed by atoms with van der Waals surface area (Å²) < 4.78 is 4.72. The van der Waals surface area contributed by atoms with Crippen molar-refractivity contribution in [2.75, 3.05) is 13.2 Å². The highest BCUT2D eigenvalue weighted by molar-refractivity contribution is 5.94. The van der Waals surface area contributed by atoms with E-state index >= 15 is 0 Å². The summed E-state index contributed by atoms with van der Waals surface area (Å²) in [4.78, 5) is 22.8. The van der Waals surface area contributed by atoms with E-state index in [9.17, 15) is 14.7 Å². The Morgan fingerprint density at radius 3 is 2.63 bits per heavy atom. The smallest absolute Gasteiger partial charge is 0.308 e. The average molecular weight is 265 g/mol. The number of rotatable bonds is 7. The summed E-state index contributed by atoms with van der Waals surface area (Å²) in [6.07, 6.45) is -0.526. The van der Waals surface area contributed by atoms with Crippen LogP contribution in [0.1, 0.15) is 30.1 Å². The number of carbonyl (C=O) groups excluding carboxylic acids is 2. The molecule has 0 bridgehead atoms. The Kier molecular flexibility index (Phi) is 6.60. The number of benzene rings is 1. The first kappa shape index (κ1) is 15.2. The summed E-state index contributed by atoms with van der Waals surface area (Å²) >= 11 is 0. The lowest BCUT2D eigenvalue weighted by atomic mass is 10.1. The molecule has 1 aromatic rings. The van der Waals surface area contributed by atoms with Crippen molar-refractivity contribution in [3.8, 4) is 0 Å². The molecular weight excluding hydrogens is 246 g/mol. The average Bonchev–Trinajstić information content (AvgIpc) is 2.39. The molecule has 0 aliphatic heterocycles. The van der Waals surface area contributed by atoms with E-state index in [1.165, 1.54) is 0 Å². The highest BCUT2D eigenvalue weighted by Crippen LogP contribution is 2.01. The largest absolute Gasteiger partial charge is 0.466 e. The molecule has 5 heteroatoms. The fraction of sp³-hybridized carbons (Fsp3) is 0.429. The Morgan fingerprint density at radius 2 is 2.00 bits per heavy atom. The van der Waals surface area contributed by atoms with Gasteiger partial charge in [-0.3, -0.25) is 9.59 Å². The van der Waals surface area contributed by atoms with E-state index in [1.807, 2.05) is 6.07 Å². The van der Waals surface area contributed by atoms with E-state index in [0.29, 0.717) is 25.1 Å². The molecule has 1 amide bonds. The van der Waals surface area contributed by atoms with Crippen LogP contribution >= 0.6 is 0 Å². The minimum Gasteiger partial charge on any atom is -0.466 e. The van der Waals surface area contributed by atoms with Crippen LogP contribution in [0.5, 0.6) is 0 Å². The Bertz CT molecular complexity index is 405. The molecule has 1 atom stereocenters. The lowest BCUT2D eigenvalue weighted by molar-refractivity contribution is -0.145. The van der Waals surface area contributed by atoms with Crippen molar-refractivity contribution < 1.29 is 19.4 Å². The van der Waals surface area contributed by atoms with Gasteiger partial charge in [0.2, 0.25) is 0 Å². The number of aliphatic hydroxyl groups excluding tert-OH is 1. The zero-order valence-electron chi connectivity index (χ0n) is 11.0. The highest BCUT2D eigenvalue weighted by Gasteiger charge is 2.12. The van der Waals surface area contributed by atoms with Gasteiger partial charge in [-0.15, -0.1) is 0 Å². The highest BCUT2D eigenvalue weighted by atomic mass is 16.5. The van der Waals surface area contributed by atoms with Crippen LogP contribution in [0.2, 0.25) is 0 Å². The lowest BCUT2D eigenvalue weighted by Crippen LogP contribution is -2.28. The molecule has 0 unspecified atom stereocenters. The Morgan fingerprint density at radius 1 is 1.32 bits per heavy atom. The molecule has 0 aliphatic carbocycles. The van der Waals surface area contributed by atoms with Gasteiger partial charge in [0.05, 0.1) is 19.1 Å². The summed E-state index contributed by atoms with van der Waals surface area (Å²) in [7, 11) is 0. The standard InChI is InChI=1S/C14H19NO4/c1-2-19-13(17)10-12(16)8-9-15-14(18)11-6-4-3-5-7-11/h3-7,12,16H,2,8-10H2,1H3,(H,15,18)/t12-/m1/s1. The van der Waals surface area contributed by atoms with Gasteiger partial charge in [-0.05, 0) is 25.5 Å². The first-order valence-corrected chi connectivity index (χ1v) is 6.30. The Labute approximate surface area is 112 Å². The van der Waals surface area contributed by atoms with Gasteiger partial charge in [0, 0.05) is 12.1 Å². The molecule has 19 heavy (non-hydrogen) atoms. The van der Waals surface area contributed by atoms with Crippen molar-refractivity contribution in [3.63, 3.8) is 0 Å². The first-order valence-electron chi connectivity index (χ1n) is 6.30. The van der Waals surface area contributed by atoms with Gasteiger partial charge in [-0.2, -0.15) is 0 Å². The van der Waals surface area contributed by atoms with Crippen LogP contribution in [0.3, 0.4) is 0 Å². The van der Waals surface area contributed by atoms with Crippen molar-refractivity contribution in [2.45, 2.75) is 25.9 Å². The summed E-state index contributed by atoms with van der Waals surface area (Å²) in [6, 6.07) is 8.82. The molecule has 2 N–H and O–H groups in total. The predicted octanol–water partition coefficient (Wildman–Crippen LogP) is 1.12. The molecule has 0 fully saturated rings. The predicted molar refractivity (Wildman–Crippen MR) is 70.6 cm³/mol. The molecule has 0 spiro atoms. The maximum absolute atomic E-state index is 11.7. The van der Waals surface area contributed by atoms with Crippen LogP contribution in [0.4, 0.5) is 0 Å². The minimum absolute atomic E-state index is 0.0466. The van der Waals surface area contributed by atoms with E-state index in [0.717, 1.165) is 0 Å². The summed E-state index contributed by atoms with van der Waals surface area (Å²) in [5.41, 5.74) is 0.572. The molecule has 1 rings (SSSR count). The van der Waals surface area contributed by atoms with E-state index in [4.69, 9.17) is 4.74 Å². The molecule has 5 nitrogen and oxygen atoms in total. The van der Waals surface area contributed by atoms with Crippen LogP contribution in [-0.2, 0) is 9.53 Å². The molecule has 1 aromatic carbocycles. The molecule has 0 aromatic heterocycles. The molecule has 0 saturated heterocycles. The quantitative estimate of drug-likeness (QED) is 0.724. The van der Waals surface area contributed by atoms with Gasteiger partial charge in [0.25, 0.3) is 5.91 Å². The fourth-order valence-corrected chi connectivity index (χ4v) is 1.56. The number of ether oxygens (including phenoxy) is 1. The number of hydrogen-bond acceptors (Lipinski definition) is 4. The maximum Gasteiger partial charge on any atom is 0.308 e. The third kappa shape index (κ3) is 6.01. The second-order valence-corrected chi connectivity index (χ2v) is 4.07. The van der Waals surface area contributed by atoms with Gasteiger partial charge in [-0.25, -0.2) is 0 Å². The SMILES string of the molecule is CCOC(=O)C[C@H](O)CCNC(=O)c1ccccc1. The van der Waals surface area contributed by atoms with Crippen LogP contribution in [0, 0.1) is 0 Å². The van der Waals surface area contributed by atoms with E-state index in [-0.39, 0.29) is 12.3 Å². The number of carbonyl (C=O) groups is 2. The first-order chi connectivity index (χ1) is 9.13. The lowest BCUT2D eigenvalue weighted by Gasteiger charge is -2.10. The van der Waals surface area contributed by atoms with Gasteiger partial charge < -0.3 is 15.2 Å². The summed E-state index contributed by atoms with van der Waals surface area (Å²) in [5.74, 6) is -0.617. The molecule has 0 saturated carbocycles. The molecule has 0 radical (unpaired) electrons. The molecular formula is C14H19NO4. The van der Waals surface area contributed by atoms with Crippen LogP contribution in [0.25, 0.3) is 0 Å². The van der Waals surface area contributed by atoms with Gasteiger partial charge in [0.1, 0.15) is 0 Å². The van der Waals surface area contributed by atoms with Crippen molar-refractivity contribution in [1.82, 2.24) is 5.32 Å². The Hall–Kier alpha value is -1.88. The van der Waals surface area contributed by atoms with E-state index < -0.39 is 12.1 Å². The zero-order chi connectivity index (χ0) is 14.1. The topological polar surface area (TPSA) is 75.6 Å². The van der Waals surface area contributed by atoms with Crippen molar-refractivity contribution in [1.29, 1.82) is 0 Å². The minimum atomic E-state index is -0.796. The number of nitrogens with one attached hydrogen (secondary N) is 1. The van der Waals surface area contributed by atoms with Crippen molar-refractivity contribution in [2.24, 2.45) is 0 Å². The van der Waals surface area contributed by atoms with Crippen LogP contribution in [0.15, 0.2) is 30.3 Å². The number of esters is 1. The second-order valence-electron chi connectivity index (χ2n) is 4.07. The third-order valence-corrected chi connectivity index (χ3v) is 2.51. The second kappa shape index (κ2) is 8.26. The number of amides is 1. The van der Waals surface area contributed by atoms with Gasteiger partial charge in [0.15, 0.2) is 0 Å². The third-order valence-electron chi connectivity index (χ3n) is 2.51. The molecule has 0 heterocycles. The monoisotopic (exact) mass is 265 g/mol. The number of aliphatic hydroxyl groups is 1. The summed E-state index contributed by atoms with van der Waals surface area (Å²) in [6.45, 7) is 2.33. The van der Waals surface area contributed by atoms with Gasteiger partial charge >= 0.3 is 5.97 Å². The molecule has 0 aliphatic rings. The summed E-state index contributed by atoms with van der Waals surface area (Å²) in [5, 5.41) is 12.3. The zero-order valence-corrected chi connectivity index (χ0v) is 11.0. The van der Waals surface area contributed by atoms with Crippen LogP contribution < -0.4 is 5.32 Å². The van der Waals surface area contributed by atoms with Gasteiger partial charge in [-0.1, -0.05) is 18.2 Å². The van der Waals surface area contributed by atoms with Crippen molar-refractivity contribution >= 4 is 11.9 Å². The normalized spacial score (nSPS) is 11.7. The van der Waals surface area contributed by atoms with E-state index in [1.54, 1.807) is 31.2 Å². The number of hydrogen-bond donors (Lipinski definition) is 2. The maximum atomic E-state index is 11.7. The van der Waals surface area contributed by atoms with E-state index in [2.05, 4.69) is 5.32 Å². The van der Waals surface area contributed by atoms with Crippen LogP contribution in [-0.4, -0.2) is 36.2 Å².